The van der Waals surface area contributed by atoms with Gasteiger partial charge in [-0.1, -0.05) is 0 Å². The standard InChI is InChI=1S/C15H16F4N4O3S/c1-8(15(2,18)19)22-27(25,26)10-7-23(3)13(12(10)17)14(24)21-9-4-5-20-11(16)6-9/h4-8,22H,1-3H3,(H,20,21,24). The maximum Gasteiger partial charge on any atom is 0.275 e. The van der Waals surface area contributed by atoms with Crippen molar-refractivity contribution in [2.75, 3.05) is 5.32 Å². The average molecular weight is 408 g/mol. The van der Waals surface area contributed by atoms with Gasteiger partial charge in [-0.05, 0) is 13.0 Å². The minimum atomic E-state index is -4.66. The summed E-state index contributed by atoms with van der Waals surface area (Å²) in [7, 11) is -3.47. The van der Waals surface area contributed by atoms with Gasteiger partial charge in [-0.15, -0.1) is 0 Å². The van der Waals surface area contributed by atoms with Gasteiger partial charge in [0.2, 0.25) is 16.0 Å². The van der Waals surface area contributed by atoms with E-state index in [-0.39, 0.29) is 5.69 Å². The molecule has 1 amide bonds. The predicted molar refractivity (Wildman–Crippen MR) is 87.9 cm³/mol. The van der Waals surface area contributed by atoms with Crippen molar-refractivity contribution in [1.82, 2.24) is 14.3 Å². The lowest BCUT2D eigenvalue weighted by Gasteiger charge is -2.20. The molecule has 0 spiro atoms. The van der Waals surface area contributed by atoms with Gasteiger partial charge in [0.05, 0.1) is 6.04 Å². The number of halogens is 4. The van der Waals surface area contributed by atoms with Gasteiger partial charge in [-0.3, -0.25) is 4.79 Å². The molecule has 0 aliphatic rings. The Labute approximate surface area is 152 Å². The Bertz CT molecular complexity index is 970. The Morgan fingerprint density at radius 1 is 1.33 bits per heavy atom. The maximum atomic E-state index is 14.6. The molecular formula is C15H16F4N4O3S. The fraction of sp³-hybridized carbons (Fsp3) is 0.333. The zero-order valence-corrected chi connectivity index (χ0v) is 15.2. The topological polar surface area (TPSA) is 93.1 Å². The summed E-state index contributed by atoms with van der Waals surface area (Å²) < 4.78 is 81.1. The van der Waals surface area contributed by atoms with Gasteiger partial charge in [0, 0.05) is 38.1 Å². The minimum absolute atomic E-state index is 0.0325. The first-order chi connectivity index (χ1) is 12.3. The van der Waals surface area contributed by atoms with Gasteiger partial charge in [-0.2, -0.15) is 4.39 Å². The number of sulfonamides is 1. The molecule has 148 valence electrons. The van der Waals surface area contributed by atoms with Crippen LogP contribution in [0.2, 0.25) is 0 Å². The second-order valence-corrected chi connectivity index (χ2v) is 7.57. The number of amides is 1. The van der Waals surface area contributed by atoms with Gasteiger partial charge < -0.3 is 9.88 Å². The van der Waals surface area contributed by atoms with E-state index in [1.54, 1.807) is 4.72 Å². The summed E-state index contributed by atoms with van der Waals surface area (Å²) in [5.74, 6) is -6.76. The van der Waals surface area contributed by atoms with Crippen molar-refractivity contribution in [1.29, 1.82) is 0 Å². The van der Waals surface area contributed by atoms with Crippen LogP contribution >= 0.6 is 0 Å². The number of pyridine rings is 1. The lowest BCUT2D eigenvalue weighted by molar-refractivity contribution is -0.00490. The monoisotopic (exact) mass is 408 g/mol. The van der Waals surface area contributed by atoms with Crippen molar-refractivity contribution in [3.05, 3.63) is 42.0 Å². The number of alkyl halides is 2. The molecule has 1 unspecified atom stereocenters. The van der Waals surface area contributed by atoms with Crippen LogP contribution in [-0.4, -0.2) is 35.8 Å². The Morgan fingerprint density at radius 3 is 2.52 bits per heavy atom. The largest absolute Gasteiger partial charge is 0.343 e. The molecule has 2 aromatic heterocycles. The third kappa shape index (κ3) is 4.63. The van der Waals surface area contributed by atoms with Crippen molar-refractivity contribution < 1.29 is 30.8 Å². The van der Waals surface area contributed by atoms with Crippen LogP contribution in [0.3, 0.4) is 0 Å². The van der Waals surface area contributed by atoms with Crippen LogP contribution in [0.5, 0.6) is 0 Å². The lowest BCUT2D eigenvalue weighted by atomic mass is 10.2. The summed E-state index contributed by atoms with van der Waals surface area (Å²) in [5, 5.41) is 2.20. The fourth-order valence-electron chi connectivity index (χ4n) is 2.09. The summed E-state index contributed by atoms with van der Waals surface area (Å²) in [6, 6.07) is 0.314. The highest BCUT2D eigenvalue weighted by molar-refractivity contribution is 7.89. The second kappa shape index (κ2) is 7.27. The van der Waals surface area contributed by atoms with Gasteiger partial charge >= 0.3 is 0 Å². The zero-order chi connectivity index (χ0) is 20.6. The Hall–Kier alpha value is -2.47. The Morgan fingerprint density at radius 2 is 1.96 bits per heavy atom. The van der Waals surface area contributed by atoms with Crippen LogP contribution in [0, 0.1) is 11.8 Å². The molecule has 2 heterocycles. The number of anilines is 1. The normalized spacial score (nSPS) is 13.4. The number of rotatable bonds is 6. The van der Waals surface area contributed by atoms with E-state index in [1.165, 1.54) is 13.1 Å². The summed E-state index contributed by atoms with van der Waals surface area (Å²) in [5.41, 5.74) is -0.710. The van der Waals surface area contributed by atoms with Crippen LogP contribution in [0.15, 0.2) is 29.4 Å². The van der Waals surface area contributed by atoms with E-state index < -0.39 is 50.2 Å². The fourth-order valence-corrected chi connectivity index (χ4v) is 3.51. The molecule has 0 aliphatic heterocycles. The number of hydrogen-bond acceptors (Lipinski definition) is 4. The van der Waals surface area contributed by atoms with Crippen LogP contribution in [-0.2, 0) is 17.1 Å². The molecule has 0 aromatic carbocycles. The SMILES string of the molecule is CC(NS(=O)(=O)c1cn(C)c(C(=O)Nc2ccnc(F)c2)c1F)C(C)(F)F. The lowest BCUT2D eigenvalue weighted by Crippen LogP contribution is -2.43. The van der Waals surface area contributed by atoms with E-state index in [0.717, 1.165) is 30.0 Å². The number of carbonyl (C=O) groups excluding carboxylic acids is 1. The Kier molecular flexibility index (Phi) is 5.61. The van der Waals surface area contributed by atoms with E-state index >= 15 is 0 Å². The molecular weight excluding hydrogens is 392 g/mol. The van der Waals surface area contributed by atoms with Crippen LogP contribution in [0.4, 0.5) is 23.2 Å². The van der Waals surface area contributed by atoms with E-state index in [0.29, 0.717) is 6.92 Å². The van der Waals surface area contributed by atoms with Crippen LogP contribution < -0.4 is 10.0 Å². The van der Waals surface area contributed by atoms with Crippen molar-refractivity contribution in [3.63, 3.8) is 0 Å². The van der Waals surface area contributed by atoms with E-state index in [4.69, 9.17) is 0 Å². The molecule has 0 saturated heterocycles. The quantitative estimate of drug-likeness (QED) is 0.567. The highest BCUT2D eigenvalue weighted by Crippen LogP contribution is 2.24. The molecule has 0 radical (unpaired) electrons. The molecule has 7 nitrogen and oxygen atoms in total. The maximum absolute atomic E-state index is 14.6. The van der Waals surface area contributed by atoms with E-state index in [9.17, 15) is 30.8 Å². The van der Waals surface area contributed by atoms with Crippen molar-refractivity contribution in [2.45, 2.75) is 30.7 Å². The summed E-state index contributed by atoms with van der Waals surface area (Å²) >= 11 is 0. The number of aromatic nitrogens is 2. The third-order valence-corrected chi connectivity index (χ3v) is 5.20. The molecule has 2 N–H and O–H groups in total. The number of nitrogens with one attached hydrogen (secondary N) is 2. The van der Waals surface area contributed by atoms with E-state index in [2.05, 4.69) is 10.3 Å². The molecule has 2 rings (SSSR count). The predicted octanol–water partition coefficient (Wildman–Crippen LogP) is 2.27. The van der Waals surface area contributed by atoms with Gasteiger partial charge in [0.15, 0.2) is 5.82 Å². The number of aryl methyl sites for hydroxylation is 1. The highest BCUT2D eigenvalue weighted by Gasteiger charge is 2.36. The average Bonchev–Trinajstić information content (AvgIpc) is 2.81. The second-order valence-electron chi connectivity index (χ2n) is 5.89. The van der Waals surface area contributed by atoms with Gasteiger partial charge in [-0.25, -0.2) is 31.3 Å². The van der Waals surface area contributed by atoms with E-state index in [1.807, 2.05) is 0 Å². The molecule has 12 heteroatoms. The van der Waals surface area contributed by atoms with Crippen molar-refractivity contribution in [3.8, 4) is 0 Å². The molecule has 0 fully saturated rings. The molecule has 0 bridgehead atoms. The summed E-state index contributed by atoms with van der Waals surface area (Å²) in [6.45, 7) is 1.43. The molecule has 0 aliphatic carbocycles. The molecule has 1 atom stereocenters. The minimum Gasteiger partial charge on any atom is -0.343 e. The number of hydrogen-bond donors (Lipinski definition) is 2. The molecule has 0 saturated carbocycles. The van der Waals surface area contributed by atoms with Crippen LogP contribution in [0.1, 0.15) is 24.3 Å². The number of nitrogens with zero attached hydrogens (tertiary/aromatic N) is 2. The summed E-state index contributed by atoms with van der Waals surface area (Å²) in [6.07, 6.45) is 1.85. The van der Waals surface area contributed by atoms with Gasteiger partial charge in [0.25, 0.3) is 11.8 Å². The summed E-state index contributed by atoms with van der Waals surface area (Å²) in [4.78, 5) is 14.6. The third-order valence-electron chi connectivity index (χ3n) is 3.67. The highest BCUT2D eigenvalue weighted by atomic mass is 32.2. The first kappa shape index (κ1) is 20.8. The zero-order valence-electron chi connectivity index (χ0n) is 14.4. The van der Waals surface area contributed by atoms with Crippen molar-refractivity contribution in [2.24, 2.45) is 7.05 Å². The smallest absolute Gasteiger partial charge is 0.275 e. The number of carbonyl (C=O) groups is 1. The first-order valence-electron chi connectivity index (χ1n) is 7.51. The first-order valence-corrected chi connectivity index (χ1v) is 8.99. The Balaban J connectivity index is 2.34. The molecule has 2 aromatic rings. The van der Waals surface area contributed by atoms with Gasteiger partial charge in [0.1, 0.15) is 10.6 Å². The van der Waals surface area contributed by atoms with Crippen LogP contribution in [0.25, 0.3) is 0 Å². The molecule has 27 heavy (non-hydrogen) atoms. The van der Waals surface area contributed by atoms with Crippen molar-refractivity contribution >= 4 is 21.6 Å².